The molecule has 1 aromatic heterocycles. The van der Waals surface area contributed by atoms with Crippen molar-refractivity contribution in [1.82, 2.24) is 23.9 Å². The van der Waals surface area contributed by atoms with E-state index in [2.05, 4.69) is 5.10 Å². The highest BCUT2D eigenvalue weighted by atomic mass is 32.2. The number of hydrogen-bond acceptors (Lipinski definition) is 5. The van der Waals surface area contributed by atoms with Crippen LogP contribution >= 0.6 is 0 Å². The van der Waals surface area contributed by atoms with Gasteiger partial charge >= 0.3 is 0 Å². The first kappa shape index (κ1) is 24.7. The van der Waals surface area contributed by atoms with Crippen LogP contribution in [0.4, 0.5) is 8.78 Å². The third-order valence-corrected chi connectivity index (χ3v) is 8.65. The van der Waals surface area contributed by atoms with Crippen molar-refractivity contribution in [2.75, 3.05) is 39.3 Å². The summed E-state index contributed by atoms with van der Waals surface area (Å²) in [6.07, 6.45) is 2.82. The van der Waals surface area contributed by atoms with Gasteiger partial charge in [-0.15, -0.1) is 0 Å². The summed E-state index contributed by atoms with van der Waals surface area (Å²) in [4.78, 5) is 17.2. The minimum Gasteiger partial charge on any atom is -0.340 e. The molecular formula is C23H31F2N5O3S. The molecule has 0 N–H and O–H groups in total. The Morgan fingerprint density at radius 2 is 1.88 bits per heavy atom. The largest absolute Gasteiger partial charge is 0.340 e. The van der Waals surface area contributed by atoms with Crippen LogP contribution in [0.3, 0.4) is 0 Å². The molecule has 2 aromatic rings. The van der Waals surface area contributed by atoms with Gasteiger partial charge in [0.05, 0.1) is 11.6 Å². The van der Waals surface area contributed by atoms with E-state index >= 15 is 0 Å². The third-order valence-electron chi connectivity index (χ3n) is 6.69. The smallest absolute Gasteiger partial charge is 0.246 e. The van der Waals surface area contributed by atoms with Gasteiger partial charge < -0.3 is 4.90 Å². The van der Waals surface area contributed by atoms with Gasteiger partial charge in [-0.1, -0.05) is 12.1 Å². The Bertz CT molecular complexity index is 1150. The SMILES string of the molecule is CCn1cc(S(=O)(=O)N2CCCC(C(=O)N3CCN(Cc4cccc(F)c4F)CC3)C2)c(C)n1. The molecule has 11 heteroatoms. The molecule has 8 nitrogen and oxygen atoms in total. The fourth-order valence-electron chi connectivity index (χ4n) is 4.71. The van der Waals surface area contributed by atoms with Gasteiger partial charge in [-0.05, 0) is 32.8 Å². The van der Waals surface area contributed by atoms with Gasteiger partial charge in [0.1, 0.15) is 4.90 Å². The van der Waals surface area contributed by atoms with E-state index in [9.17, 15) is 22.0 Å². The van der Waals surface area contributed by atoms with E-state index in [1.807, 2.05) is 11.8 Å². The minimum absolute atomic E-state index is 0.0440. The second-order valence-corrected chi connectivity index (χ2v) is 10.9. The number of carbonyl (C=O) groups is 1. The van der Waals surface area contributed by atoms with Crippen LogP contribution in [0.2, 0.25) is 0 Å². The van der Waals surface area contributed by atoms with Crippen LogP contribution in [0.5, 0.6) is 0 Å². The lowest BCUT2D eigenvalue weighted by atomic mass is 9.97. The number of benzene rings is 1. The van der Waals surface area contributed by atoms with Crippen molar-refractivity contribution >= 4 is 15.9 Å². The molecule has 4 rings (SSSR count). The molecule has 0 bridgehead atoms. The van der Waals surface area contributed by atoms with Gasteiger partial charge in [0.15, 0.2) is 11.6 Å². The predicted octanol–water partition coefficient (Wildman–Crippen LogP) is 2.23. The summed E-state index contributed by atoms with van der Waals surface area (Å²) in [5, 5.41) is 4.25. The van der Waals surface area contributed by atoms with Gasteiger partial charge in [0, 0.05) is 64.1 Å². The fourth-order valence-corrected chi connectivity index (χ4v) is 6.41. The first-order chi connectivity index (χ1) is 16.2. The highest BCUT2D eigenvalue weighted by Crippen LogP contribution is 2.27. The number of rotatable bonds is 6. The van der Waals surface area contributed by atoms with Gasteiger partial charge in [0.25, 0.3) is 0 Å². The molecule has 2 saturated heterocycles. The van der Waals surface area contributed by atoms with Crippen molar-refractivity contribution < 1.29 is 22.0 Å². The molecular weight excluding hydrogens is 464 g/mol. The summed E-state index contributed by atoms with van der Waals surface area (Å²) in [6, 6.07) is 4.16. The first-order valence-corrected chi connectivity index (χ1v) is 13.1. The summed E-state index contributed by atoms with van der Waals surface area (Å²) in [5.74, 6) is -2.13. The van der Waals surface area contributed by atoms with Crippen molar-refractivity contribution in [3.05, 3.63) is 47.3 Å². The number of hydrogen-bond donors (Lipinski definition) is 0. The van der Waals surface area contributed by atoms with Gasteiger partial charge in [-0.25, -0.2) is 17.2 Å². The fraction of sp³-hybridized carbons (Fsp3) is 0.565. The van der Waals surface area contributed by atoms with E-state index in [1.165, 1.54) is 10.4 Å². The van der Waals surface area contributed by atoms with Crippen molar-refractivity contribution in [3.8, 4) is 0 Å². The Balaban J connectivity index is 1.36. The Hall–Kier alpha value is -2.37. The molecule has 0 spiro atoms. The molecule has 2 aliphatic rings. The average Bonchev–Trinajstić information content (AvgIpc) is 3.24. The number of aromatic nitrogens is 2. The molecule has 0 radical (unpaired) electrons. The van der Waals surface area contributed by atoms with E-state index in [-0.39, 0.29) is 23.9 Å². The maximum Gasteiger partial charge on any atom is 0.246 e. The third kappa shape index (κ3) is 5.01. The van der Waals surface area contributed by atoms with E-state index in [0.717, 1.165) is 6.07 Å². The van der Waals surface area contributed by atoms with Gasteiger partial charge in [-0.3, -0.25) is 14.4 Å². The van der Waals surface area contributed by atoms with Crippen LogP contribution in [-0.4, -0.2) is 77.5 Å². The lowest BCUT2D eigenvalue weighted by molar-refractivity contribution is -0.138. The van der Waals surface area contributed by atoms with Crippen LogP contribution in [0, 0.1) is 24.5 Å². The number of aryl methyl sites for hydroxylation is 2. The lowest BCUT2D eigenvalue weighted by Gasteiger charge is -2.38. The molecule has 0 aliphatic carbocycles. The van der Waals surface area contributed by atoms with Crippen LogP contribution < -0.4 is 0 Å². The second kappa shape index (κ2) is 10.1. The molecule has 1 amide bonds. The summed E-state index contributed by atoms with van der Waals surface area (Å²) in [6.45, 7) is 7.03. The molecule has 1 aromatic carbocycles. The first-order valence-electron chi connectivity index (χ1n) is 11.7. The van der Waals surface area contributed by atoms with Crippen molar-refractivity contribution in [2.45, 2.75) is 44.7 Å². The maximum atomic E-state index is 14.0. The predicted molar refractivity (Wildman–Crippen MR) is 122 cm³/mol. The number of carbonyl (C=O) groups excluding carboxylic acids is 1. The summed E-state index contributed by atoms with van der Waals surface area (Å²) >= 11 is 0. The molecule has 3 heterocycles. The van der Waals surface area contributed by atoms with E-state index in [4.69, 9.17) is 0 Å². The second-order valence-electron chi connectivity index (χ2n) is 8.95. The Labute approximate surface area is 199 Å². The highest BCUT2D eigenvalue weighted by molar-refractivity contribution is 7.89. The number of piperidine rings is 1. The van der Waals surface area contributed by atoms with Crippen LogP contribution in [0.1, 0.15) is 31.0 Å². The number of nitrogens with zero attached hydrogens (tertiary/aromatic N) is 5. The van der Waals surface area contributed by atoms with Crippen molar-refractivity contribution in [3.63, 3.8) is 0 Å². The van der Waals surface area contributed by atoms with Crippen LogP contribution in [0.15, 0.2) is 29.3 Å². The zero-order chi connectivity index (χ0) is 24.5. The molecule has 1 atom stereocenters. The number of sulfonamides is 1. The molecule has 34 heavy (non-hydrogen) atoms. The van der Waals surface area contributed by atoms with Crippen LogP contribution in [0.25, 0.3) is 0 Å². The summed E-state index contributed by atoms with van der Waals surface area (Å²) in [7, 11) is -3.73. The quantitative estimate of drug-likeness (QED) is 0.614. The zero-order valence-electron chi connectivity index (χ0n) is 19.6. The number of piperazine rings is 1. The Kier molecular flexibility index (Phi) is 7.34. The zero-order valence-corrected chi connectivity index (χ0v) is 20.4. The topological polar surface area (TPSA) is 78.8 Å². The normalized spacial score (nSPS) is 20.6. The Morgan fingerprint density at radius 1 is 1.15 bits per heavy atom. The molecule has 2 fully saturated rings. The van der Waals surface area contributed by atoms with E-state index < -0.39 is 27.6 Å². The van der Waals surface area contributed by atoms with Gasteiger partial charge in [0.2, 0.25) is 15.9 Å². The lowest BCUT2D eigenvalue weighted by Crippen LogP contribution is -2.52. The van der Waals surface area contributed by atoms with Crippen molar-refractivity contribution in [2.24, 2.45) is 5.92 Å². The number of amides is 1. The monoisotopic (exact) mass is 495 g/mol. The van der Waals surface area contributed by atoms with Crippen LogP contribution in [-0.2, 0) is 27.9 Å². The Morgan fingerprint density at radius 3 is 2.56 bits per heavy atom. The molecule has 2 aliphatic heterocycles. The highest BCUT2D eigenvalue weighted by Gasteiger charge is 2.37. The molecule has 0 saturated carbocycles. The minimum atomic E-state index is -3.73. The standard InChI is InChI=1S/C23H31F2N5O3S/c1-3-29-16-21(17(2)26-29)34(32,33)30-9-5-7-19(15-30)23(31)28-12-10-27(11-13-28)14-18-6-4-8-20(24)22(18)25/h4,6,8,16,19H,3,5,7,9-15H2,1-2H3. The average molecular weight is 496 g/mol. The molecule has 1 unspecified atom stereocenters. The van der Waals surface area contributed by atoms with E-state index in [0.29, 0.717) is 63.4 Å². The summed E-state index contributed by atoms with van der Waals surface area (Å²) in [5.41, 5.74) is 0.760. The van der Waals surface area contributed by atoms with E-state index in [1.54, 1.807) is 28.8 Å². The maximum absolute atomic E-state index is 14.0. The summed E-state index contributed by atoms with van der Waals surface area (Å²) < 4.78 is 56.9. The van der Waals surface area contributed by atoms with Gasteiger partial charge in [-0.2, -0.15) is 9.40 Å². The van der Waals surface area contributed by atoms with Crippen molar-refractivity contribution in [1.29, 1.82) is 0 Å². The molecule has 186 valence electrons. The number of halogens is 2.